The molecular weight excluding hydrogens is 374 g/mol. The van der Waals surface area contributed by atoms with Gasteiger partial charge in [-0.3, -0.25) is 20.4 Å². The SMILES string of the molecule is O=C(CNC(=O)NCc1ccc(F)cc1)NNC(=O)COc1ccccc1F. The van der Waals surface area contributed by atoms with Gasteiger partial charge in [-0.15, -0.1) is 0 Å². The molecule has 0 radical (unpaired) electrons. The summed E-state index contributed by atoms with van der Waals surface area (Å²) >= 11 is 0. The van der Waals surface area contributed by atoms with Gasteiger partial charge >= 0.3 is 6.03 Å². The quantitative estimate of drug-likeness (QED) is 0.527. The standard InChI is InChI=1S/C18H18F2N4O4/c19-13-7-5-12(6-8-13)9-21-18(27)22-10-16(25)23-24-17(26)11-28-15-4-2-1-3-14(15)20/h1-8H,9-11H2,(H,23,25)(H,24,26)(H2,21,22,27). The molecule has 0 aliphatic rings. The molecule has 0 aliphatic carbocycles. The van der Waals surface area contributed by atoms with Crippen LogP contribution in [0.4, 0.5) is 13.6 Å². The topological polar surface area (TPSA) is 109 Å². The van der Waals surface area contributed by atoms with Crippen LogP contribution in [0.2, 0.25) is 0 Å². The maximum Gasteiger partial charge on any atom is 0.315 e. The molecule has 28 heavy (non-hydrogen) atoms. The van der Waals surface area contributed by atoms with E-state index >= 15 is 0 Å². The van der Waals surface area contributed by atoms with Gasteiger partial charge in [0.2, 0.25) is 0 Å². The molecule has 0 unspecified atom stereocenters. The number of ether oxygens (including phenoxy) is 1. The van der Waals surface area contributed by atoms with Gasteiger partial charge in [-0.25, -0.2) is 13.6 Å². The molecule has 2 aromatic carbocycles. The van der Waals surface area contributed by atoms with Gasteiger partial charge in [0, 0.05) is 6.54 Å². The molecule has 0 aliphatic heterocycles. The van der Waals surface area contributed by atoms with E-state index in [1.807, 2.05) is 0 Å². The van der Waals surface area contributed by atoms with E-state index in [4.69, 9.17) is 4.74 Å². The zero-order valence-corrected chi connectivity index (χ0v) is 14.6. The number of rotatable bonds is 7. The lowest BCUT2D eigenvalue weighted by atomic mass is 10.2. The monoisotopic (exact) mass is 392 g/mol. The number of benzene rings is 2. The molecule has 4 amide bonds. The fraction of sp³-hybridized carbons (Fsp3) is 0.167. The molecule has 0 spiro atoms. The molecule has 148 valence electrons. The number of para-hydroxylation sites is 1. The predicted octanol–water partition coefficient (Wildman–Crippen LogP) is 0.990. The Kier molecular flexibility index (Phi) is 7.70. The van der Waals surface area contributed by atoms with Gasteiger partial charge in [-0.2, -0.15) is 0 Å². The highest BCUT2D eigenvalue weighted by atomic mass is 19.1. The summed E-state index contributed by atoms with van der Waals surface area (Å²) in [4.78, 5) is 34.7. The molecule has 0 aromatic heterocycles. The summed E-state index contributed by atoms with van der Waals surface area (Å²) in [6.07, 6.45) is 0. The van der Waals surface area contributed by atoms with E-state index in [-0.39, 0.29) is 18.1 Å². The maximum absolute atomic E-state index is 13.3. The van der Waals surface area contributed by atoms with Crippen molar-refractivity contribution in [1.82, 2.24) is 21.5 Å². The normalized spacial score (nSPS) is 9.93. The van der Waals surface area contributed by atoms with E-state index in [0.29, 0.717) is 5.56 Å². The molecular formula is C18H18F2N4O4. The zero-order valence-electron chi connectivity index (χ0n) is 14.6. The summed E-state index contributed by atoms with van der Waals surface area (Å²) in [6, 6.07) is 10.5. The molecule has 2 aromatic rings. The number of urea groups is 1. The first-order valence-corrected chi connectivity index (χ1v) is 8.15. The summed E-state index contributed by atoms with van der Waals surface area (Å²) < 4.78 is 31.1. The van der Waals surface area contributed by atoms with Crippen LogP contribution in [-0.4, -0.2) is 31.0 Å². The van der Waals surface area contributed by atoms with Crippen LogP contribution in [-0.2, 0) is 16.1 Å². The molecule has 0 atom stereocenters. The molecule has 0 bridgehead atoms. The van der Waals surface area contributed by atoms with Crippen LogP contribution in [0.3, 0.4) is 0 Å². The van der Waals surface area contributed by atoms with E-state index in [2.05, 4.69) is 21.5 Å². The van der Waals surface area contributed by atoms with Crippen molar-refractivity contribution in [2.75, 3.05) is 13.2 Å². The third-order valence-electron chi connectivity index (χ3n) is 3.31. The van der Waals surface area contributed by atoms with Crippen molar-refractivity contribution in [3.8, 4) is 5.75 Å². The highest BCUT2D eigenvalue weighted by Crippen LogP contribution is 2.14. The Morgan fingerprint density at radius 3 is 2.25 bits per heavy atom. The fourth-order valence-electron chi connectivity index (χ4n) is 1.93. The molecule has 8 nitrogen and oxygen atoms in total. The Morgan fingerprint density at radius 2 is 1.54 bits per heavy atom. The fourth-order valence-corrected chi connectivity index (χ4v) is 1.93. The molecule has 0 saturated carbocycles. The number of nitrogens with one attached hydrogen (secondary N) is 4. The molecule has 0 fully saturated rings. The van der Waals surface area contributed by atoms with Gasteiger partial charge in [0.15, 0.2) is 18.2 Å². The Morgan fingerprint density at radius 1 is 0.857 bits per heavy atom. The second kappa shape index (κ2) is 10.5. The number of amides is 4. The van der Waals surface area contributed by atoms with E-state index in [1.165, 1.54) is 42.5 Å². The van der Waals surface area contributed by atoms with Crippen molar-refractivity contribution < 1.29 is 27.9 Å². The summed E-state index contributed by atoms with van der Waals surface area (Å²) in [7, 11) is 0. The number of hydrogen-bond acceptors (Lipinski definition) is 4. The highest BCUT2D eigenvalue weighted by Gasteiger charge is 2.09. The average molecular weight is 392 g/mol. The van der Waals surface area contributed by atoms with Crippen LogP contribution < -0.4 is 26.2 Å². The molecule has 0 saturated heterocycles. The number of halogens is 2. The third kappa shape index (κ3) is 7.28. The Hall–Kier alpha value is -3.69. The van der Waals surface area contributed by atoms with Gasteiger partial charge < -0.3 is 15.4 Å². The minimum atomic E-state index is -0.711. The van der Waals surface area contributed by atoms with E-state index < -0.39 is 36.8 Å². The minimum Gasteiger partial charge on any atom is -0.481 e. The van der Waals surface area contributed by atoms with Crippen molar-refractivity contribution in [3.05, 3.63) is 65.7 Å². The van der Waals surface area contributed by atoms with Crippen molar-refractivity contribution >= 4 is 17.8 Å². The lowest BCUT2D eigenvalue weighted by Gasteiger charge is -2.10. The Balaban J connectivity index is 1.59. The number of hydrazine groups is 1. The van der Waals surface area contributed by atoms with Crippen LogP contribution in [0.15, 0.2) is 48.5 Å². The summed E-state index contributed by atoms with van der Waals surface area (Å²) in [5.41, 5.74) is 4.82. The lowest BCUT2D eigenvalue weighted by Crippen LogP contribution is -2.49. The first-order chi connectivity index (χ1) is 13.4. The first-order valence-electron chi connectivity index (χ1n) is 8.15. The summed E-state index contributed by atoms with van der Waals surface area (Å²) in [5.74, 6) is -2.49. The smallest absolute Gasteiger partial charge is 0.315 e. The van der Waals surface area contributed by atoms with Crippen LogP contribution >= 0.6 is 0 Å². The van der Waals surface area contributed by atoms with Gasteiger partial charge in [-0.05, 0) is 29.8 Å². The second-order valence-electron chi connectivity index (χ2n) is 5.48. The highest BCUT2D eigenvalue weighted by molar-refractivity contribution is 5.86. The Bertz CT molecular complexity index is 831. The minimum absolute atomic E-state index is 0.0940. The van der Waals surface area contributed by atoms with E-state index in [1.54, 1.807) is 6.07 Å². The van der Waals surface area contributed by atoms with Crippen molar-refractivity contribution in [2.45, 2.75) is 6.54 Å². The maximum atomic E-state index is 13.3. The number of carbonyl (C=O) groups excluding carboxylic acids is 3. The van der Waals surface area contributed by atoms with Crippen molar-refractivity contribution in [2.24, 2.45) is 0 Å². The molecule has 4 N–H and O–H groups in total. The molecule has 2 rings (SSSR count). The number of hydrogen-bond donors (Lipinski definition) is 4. The summed E-state index contributed by atoms with van der Waals surface area (Å²) in [6.45, 7) is -0.756. The van der Waals surface area contributed by atoms with Crippen LogP contribution in [0.1, 0.15) is 5.56 Å². The average Bonchev–Trinajstić information content (AvgIpc) is 2.69. The molecule has 0 heterocycles. The Labute approximate surface area is 159 Å². The summed E-state index contributed by atoms with van der Waals surface area (Å²) in [5, 5.41) is 4.77. The van der Waals surface area contributed by atoms with Gasteiger partial charge in [0.1, 0.15) is 12.4 Å². The van der Waals surface area contributed by atoms with Crippen molar-refractivity contribution in [1.29, 1.82) is 0 Å². The number of carbonyl (C=O) groups is 3. The van der Waals surface area contributed by atoms with Crippen LogP contribution in [0.5, 0.6) is 5.75 Å². The van der Waals surface area contributed by atoms with Gasteiger partial charge in [-0.1, -0.05) is 24.3 Å². The second-order valence-corrected chi connectivity index (χ2v) is 5.48. The van der Waals surface area contributed by atoms with E-state index in [9.17, 15) is 23.2 Å². The van der Waals surface area contributed by atoms with Gasteiger partial charge in [0.05, 0.1) is 0 Å². The zero-order chi connectivity index (χ0) is 20.4. The van der Waals surface area contributed by atoms with E-state index in [0.717, 1.165) is 0 Å². The predicted molar refractivity (Wildman–Crippen MR) is 94.8 cm³/mol. The van der Waals surface area contributed by atoms with Crippen molar-refractivity contribution in [3.63, 3.8) is 0 Å². The largest absolute Gasteiger partial charge is 0.481 e. The third-order valence-corrected chi connectivity index (χ3v) is 3.31. The van der Waals surface area contributed by atoms with Crippen LogP contribution in [0, 0.1) is 11.6 Å². The molecule has 10 heteroatoms. The lowest BCUT2D eigenvalue weighted by molar-refractivity contribution is -0.129. The van der Waals surface area contributed by atoms with Gasteiger partial charge in [0.25, 0.3) is 11.8 Å². The first kappa shape index (κ1) is 20.6. The van der Waals surface area contributed by atoms with Crippen LogP contribution in [0.25, 0.3) is 0 Å².